The Morgan fingerprint density at radius 3 is 2.50 bits per heavy atom. The van der Waals surface area contributed by atoms with Crippen molar-refractivity contribution in [2.45, 2.75) is 19.6 Å². The highest BCUT2D eigenvalue weighted by atomic mass is 19.1. The molecule has 3 amide bonds. The maximum atomic E-state index is 13.0. The van der Waals surface area contributed by atoms with E-state index in [1.54, 1.807) is 0 Å². The molecule has 30 heavy (non-hydrogen) atoms. The SMILES string of the molecule is CN(C)C(=O)C(=O)N1CCn2c(nc(C(=O)NCc3ccc(F)cc3)c(O)c2=O)C1. The third kappa shape index (κ3) is 4.14. The summed E-state index contributed by atoms with van der Waals surface area (Å²) in [6.45, 7) is -0.0199. The predicted molar refractivity (Wildman–Crippen MR) is 102 cm³/mol. The molecule has 0 saturated heterocycles. The van der Waals surface area contributed by atoms with Gasteiger partial charge in [0, 0.05) is 33.7 Å². The van der Waals surface area contributed by atoms with Crippen LogP contribution in [0.2, 0.25) is 0 Å². The summed E-state index contributed by atoms with van der Waals surface area (Å²) in [5.41, 5.74) is -0.683. The number of amides is 3. The van der Waals surface area contributed by atoms with E-state index in [1.807, 2.05) is 0 Å². The minimum Gasteiger partial charge on any atom is -0.501 e. The number of likely N-dealkylation sites (N-methyl/N-ethyl adjacent to an activating group) is 1. The van der Waals surface area contributed by atoms with Crippen molar-refractivity contribution in [1.82, 2.24) is 24.7 Å². The molecule has 0 unspecified atom stereocenters. The van der Waals surface area contributed by atoms with Crippen molar-refractivity contribution in [2.24, 2.45) is 0 Å². The lowest BCUT2D eigenvalue weighted by atomic mass is 10.2. The van der Waals surface area contributed by atoms with Crippen LogP contribution < -0.4 is 10.9 Å². The number of aromatic hydroxyl groups is 1. The van der Waals surface area contributed by atoms with Crippen LogP contribution in [0.5, 0.6) is 5.75 Å². The molecular formula is C19H20FN5O5. The number of fused-ring (bicyclic) bond motifs is 1. The van der Waals surface area contributed by atoms with Gasteiger partial charge in [-0.25, -0.2) is 9.37 Å². The molecule has 0 aliphatic carbocycles. The molecule has 2 N–H and O–H groups in total. The lowest BCUT2D eigenvalue weighted by Gasteiger charge is -2.29. The highest BCUT2D eigenvalue weighted by Crippen LogP contribution is 2.15. The molecule has 0 radical (unpaired) electrons. The predicted octanol–water partition coefficient (Wildman–Crippen LogP) is -0.552. The second-order valence-electron chi connectivity index (χ2n) is 6.92. The number of carbonyl (C=O) groups excluding carboxylic acids is 3. The number of nitrogens with one attached hydrogen (secondary N) is 1. The first kappa shape index (κ1) is 21.0. The Balaban J connectivity index is 1.81. The topological polar surface area (TPSA) is 125 Å². The Bertz CT molecular complexity index is 1060. The van der Waals surface area contributed by atoms with Crippen LogP contribution in [-0.2, 0) is 29.2 Å². The van der Waals surface area contributed by atoms with Gasteiger partial charge >= 0.3 is 11.8 Å². The summed E-state index contributed by atoms with van der Waals surface area (Å²) in [7, 11) is 2.89. The quantitative estimate of drug-likeness (QED) is 0.646. The molecular weight excluding hydrogens is 397 g/mol. The van der Waals surface area contributed by atoms with Gasteiger partial charge in [0.1, 0.15) is 11.6 Å². The summed E-state index contributed by atoms with van der Waals surface area (Å²) >= 11 is 0. The van der Waals surface area contributed by atoms with Crippen molar-refractivity contribution in [2.75, 3.05) is 20.6 Å². The van der Waals surface area contributed by atoms with Gasteiger partial charge < -0.3 is 20.2 Å². The van der Waals surface area contributed by atoms with Crippen molar-refractivity contribution < 1.29 is 23.9 Å². The van der Waals surface area contributed by atoms with Gasteiger partial charge in [-0.1, -0.05) is 12.1 Å². The average Bonchev–Trinajstić information content (AvgIpc) is 2.74. The third-order valence-corrected chi connectivity index (χ3v) is 4.61. The first-order chi connectivity index (χ1) is 14.2. The van der Waals surface area contributed by atoms with Gasteiger partial charge in [-0.3, -0.25) is 23.7 Å². The molecule has 2 heterocycles. The van der Waals surface area contributed by atoms with Crippen molar-refractivity contribution in [3.8, 4) is 5.75 Å². The fourth-order valence-electron chi connectivity index (χ4n) is 2.94. The zero-order valence-corrected chi connectivity index (χ0v) is 16.4. The van der Waals surface area contributed by atoms with Crippen molar-refractivity contribution in [3.05, 3.63) is 57.5 Å². The summed E-state index contributed by atoms with van der Waals surface area (Å²) < 4.78 is 14.1. The second kappa shape index (κ2) is 8.31. The number of hydrogen-bond acceptors (Lipinski definition) is 6. The number of benzene rings is 1. The Labute approximate surface area is 170 Å². The Kier molecular flexibility index (Phi) is 5.81. The summed E-state index contributed by atoms with van der Waals surface area (Å²) in [6.07, 6.45) is 0. The minimum atomic E-state index is -0.807. The molecule has 0 saturated carbocycles. The Morgan fingerprint density at radius 2 is 1.87 bits per heavy atom. The van der Waals surface area contributed by atoms with E-state index in [0.29, 0.717) is 5.56 Å². The Morgan fingerprint density at radius 1 is 1.20 bits per heavy atom. The van der Waals surface area contributed by atoms with Gasteiger partial charge in [-0.15, -0.1) is 0 Å². The van der Waals surface area contributed by atoms with Crippen LogP contribution in [0.1, 0.15) is 21.9 Å². The summed E-state index contributed by atoms with van der Waals surface area (Å²) in [5, 5.41) is 12.6. The number of nitrogens with zero attached hydrogens (tertiary/aromatic N) is 4. The molecule has 0 bridgehead atoms. The van der Waals surface area contributed by atoms with E-state index < -0.39 is 40.5 Å². The fourth-order valence-corrected chi connectivity index (χ4v) is 2.94. The van der Waals surface area contributed by atoms with Crippen LogP contribution in [0.4, 0.5) is 4.39 Å². The van der Waals surface area contributed by atoms with E-state index in [0.717, 1.165) is 9.47 Å². The highest BCUT2D eigenvalue weighted by molar-refractivity contribution is 6.34. The van der Waals surface area contributed by atoms with Crippen molar-refractivity contribution in [3.63, 3.8) is 0 Å². The highest BCUT2D eigenvalue weighted by Gasteiger charge is 2.30. The normalized spacial score (nSPS) is 12.8. The molecule has 158 valence electrons. The Hall–Kier alpha value is -3.76. The maximum absolute atomic E-state index is 13.0. The lowest BCUT2D eigenvalue weighted by molar-refractivity contribution is -0.151. The molecule has 0 atom stereocenters. The molecule has 2 aromatic rings. The monoisotopic (exact) mass is 417 g/mol. The molecule has 3 rings (SSSR count). The van der Waals surface area contributed by atoms with Crippen molar-refractivity contribution >= 4 is 17.7 Å². The van der Waals surface area contributed by atoms with E-state index >= 15 is 0 Å². The molecule has 0 spiro atoms. The van der Waals surface area contributed by atoms with Gasteiger partial charge in [0.05, 0.1) is 6.54 Å². The second-order valence-corrected chi connectivity index (χ2v) is 6.92. The van der Waals surface area contributed by atoms with Gasteiger partial charge in [0.25, 0.3) is 11.5 Å². The molecule has 1 aliphatic heterocycles. The maximum Gasteiger partial charge on any atom is 0.312 e. The van der Waals surface area contributed by atoms with Gasteiger partial charge in [0.15, 0.2) is 5.69 Å². The smallest absolute Gasteiger partial charge is 0.312 e. The van der Waals surface area contributed by atoms with Crippen LogP contribution in [0.15, 0.2) is 29.1 Å². The number of hydrogen-bond donors (Lipinski definition) is 2. The van der Waals surface area contributed by atoms with Crippen LogP contribution in [0.3, 0.4) is 0 Å². The summed E-state index contributed by atoms with van der Waals surface area (Å²) in [6, 6.07) is 5.44. The number of rotatable bonds is 3. The lowest BCUT2D eigenvalue weighted by Crippen LogP contribution is -2.48. The van der Waals surface area contributed by atoms with E-state index in [2.05, 4.69) is 10.3 Å². The zero-order valence-electron chi connectivity index (χ0n) is 16.4. The van der Waals surface area contributed by atoms with Gasteiger partial charge in [-0.2, -0.15) is 0 Å². The van der Waals surface area contributed by atoms with Crippen LogP contribution in [0.25, 0.3) is 0 Å². The van der Waals surface area contributed by atoms with Crippen LogP contribution in [-0.4, -0.2) is 62.8 Å². The molecule has 0 fully saturated rings. The first-order valence-electron chi connectivity index (χ1n) is 9.05. The molecule has 1 aromatic carbocycles. The zero-order chi connectivity index (χ0) is 22.0. The molecule has 10 nitrogen and oxygen atoms in total. The van der Waals surface area contributed by atoms with E-state index in [-0.39, 0.29) is 32.0 Å². The first-order valence-corrected chi connectivity index (χ1v) is 9.05. The van der Waals surface area contributed by atoms with Crippen LogP contribution in [0, 0.1) is 5.82 Å². The fraction of sp³-hybridized carbons (Fsp3) is 0.316. The number of halogens is 1. The van der Waals surface area contributed by atoms with E-state index in [1.165, 1.54) is 43.3 Å². The summed E-state index contributed by atoms with van der Waals surface area (Å²) in [5.74, 6) is -3.42. The van der Waals surface area contributed by atoms with E-state index in [4.69, 9.17) is 0 Å². The van der Waals surface area contributed by atoms with Crippen LogP contribution >= 0.6 is 0 Å². The molecule has 1 aromatic heterocycles. The van der Waals surface area contributed by atoms with Gasteiger partial charge in [0.2, 0.25) is 5.75 Å². The average molecular weight is 417 g/mol. The molecule has 11 heteroatoms. The molecule has 1 aliphatic rings. The number of aromatic nitrogens is 2. The van der Waals surface area contributed by atoms with Gasteiger partial charge in [-0.05, 0) is 17.7 Å². The standard InChI is InChI=1S/C19H20FN5O5/c1-23(2)18(29)19(30)24-7-8-25-13(10-24)22-14(15(26)17(25)28)16(27)21-9-11-3-5-12(20)6-4-11/h3-6,26H,7-10H2,1-2H3,(H,21,27). The summed E-state index contributed by atoms with van der Waals surface area (Å²) in [4.78, 5) is 55.5. The third-order valence-electron chi connectivity index (χ3n) is 4.61. The van der Waals surface area contributed by atoms with E-state index in [9.17, 15) is 28.7 Å². The largest absolute Gasteiger partial charge is 0.501 e. The minimum absolute atomic E-state index is 0.0264. The number of carbonyl (C=O) groups is 3. The van der Waals surface area contributed by atoms with Crippen molar-refractivity contribution in [1.29, 1.82) is 0 Å².